The number of anilines is 1. The molecule has 0 fully saturated rings. The topological polar surface area (TPSA) is 63.9 Å². The van der Waals surface area contributed by atoms with Gasteiger partial charge in [-0.05, 0) is 42.1 Å². The molecule has 182 valence electrons. The Morgan fingerprint density at radius 1 is 1.08 bits per heavy atom. The Bertz CT molecular complexity index is 1600. The van der Waals surface area contributed by atoms with Crippen molar-refractivity contribution in [2.75, 3.05) is 25.6 Å². The van der Waals surface area contributed by atoms with E-state index < -0.39 is 12.0 Å². The molecule has 1 aliphatic rings. The number of hydrogen-bond donors (Lipinski definition) is 0. The van der Waals surface area contributed by atoms with Crippen molar-refractivity contribution in [3.8, 4) is 0 Å². The molecule has 0 saturated heterocycles. The minimum Gasteiger partial charge on any atom is -0.463 e. The van der Waals surface area contributed by atoms with Gasteiger partial charge in [0.1, 0.15) is 6.04 Å². The molecule has 0 aliphatic carbocycles. The lowest BCUT2D eigenvalue weighted by molar-refractivity contribution is -0.138. The van der Waals surface area contributed by atoms with Crippen molar-refractivity contribution in [1.29, 1.82) is 0 Å². The van der Waals surface area contributed by atoms with Gasteiger partial charge in [-0.1, -0.05) is 59.9 Å². The fraction of sp³-hybridized carbons (Fsp3) is 0.179. The molecule has 0 bridgehead atoms. The molecule has 5 rings (SSSR count). The van der Waals surface area contributed by atoms with Crippen molar-refractivity contribution in [2.45, 2.75) is 13.0 Å². The van der Waals surface area contributed by atoms with Gasteiger partial charge in [-0.25, -0.2) is 9.79 Å². The van der Waals surface area contributed by atoms with Gasteiger partial charge in [0.25, 0.3) is 5.56 Å². The zero-order chi connectivity index (χ0) is 25.2. The number of aromatic nitrogens is 1. The first-order valence-electron chi connectivity index (χ1n) is 11.6. The van der Waals surface area contributed by atoms with Gasteiger partial charge in [0.2, 0.25) is 0 Å². The first-order chi connectivity index (χ1) is 17.5. The van der Waals surface area contributed by atoms with E-state index in [1.165, 1.54) is 22.7 Å². The Balaban J connectivity index is 1.76. The summed E-state index contributed by atoms with van der Waals surface area (Å²) >= 11 is 2.83. The fourth-order valence-corrected chi connectivity index (χ4v) is 6.00. The lowest BCUT2D eigenvalue weighted by atomic mass is 9.97. The number of benzene rings is 2. The van der Waals surface area contributed by atoms with Crippen LogP contribution in [0.5, 0.6) is 0 Å². The average molecular weight is 516 g/mol. The molecule has 2 aromatic carbocycles. The van der Waals surface area contributed by atoms with Gasteiger partial charge in [-0.3, -0.25) is 9.36 Å². The highest BCUT2D eigenvalue weighted by Crippen LogP contribution is 2.36. The van der Waals surface area contributed by atoms with Crippen LogP contribution in [0.1, 0.15) is 29.0 Å². The molecule has 0 N–H and O–H groups in total. The molecule has 2 aromatic heterocycles. The Kier molecular flexibility index (Phi) is 6.71. The molecule has 1 aliphatic heterocycles. The summed E-state index contributed by atoms with van der Waals surface area (Å²) in [6.07, 6.45) is 1.88. The number of carbonyl (C=O) groups is 1. The number of esters is 1. The molecule has 4 aromatic rings. The first-order valence-corrected chi connectivity index (χ1v) is 13.3. The van der Waals surface area contributed by atoms with Crippen LogP contribution in [0.4, 0.5) is 5.69 Å². The van der Waals surface area contributed by atoms with Gasteiger partial charge in [0.05, 0.1) is 22.4 Å². The van der Waals surface area contributed by atoms with E-state index in [2.05, 4.69) is 0 Å². The maximum atomic E-state index is 13.8. The van der Waals surface area contributed by atoms with E-state index in [9.17, 15) is 9.59 Å². The third kappa shape index (κ3) is 4.45. The van der Waals surface area contributed by atoms with E-state index in [0.717, 1.165) is 21.7 Å². The molecule has 0 saturated carbocycles. The molecule has 1 atom stereocenters. The molecular weight excluding hydrogens is 490 g/mol. The molecule has 0 radical (unpaired) electrons. The Morgan fingerprint density at radius 2 is 1.83 bits per heavy atom. The van der Waals surface area contributed by atoms with Gasteiger partial charge in [0.15, 0.2) is 4.80 Å². The molecule has 6 nitrogen and oxygen atoms in total. The number of nitrogens with zero attached hydrogens (tertiary/aromatic N) is 3. The zero-order valence-electron chi connectivity index (χ0n) is 20.2. The highest BCUT2D eigenvalue weighted by molar-refractivity contribution is 7.10. The van der Waals surface area contributed by atoms with Crippen LogP contribution in [-0.2, 0) is 9.53 Å². The second kappa shape index (κ2) is 10.1. The lowest BCUT2D eigenvalue weighted by Crippen LogP contribution is -2.39. The molecule has 0 unspecified atom stereocenters. The molecule has 0 spiro atoms. The number of fused-ring (bicyclic) bond motifs is 1. The van der Waals surface area contributed by atoms with Gasteiger partial charge >= 0.3 is 5.97 Å². The molecule has 8 heteroatoms. The molecular formula is C28H25N3O3S2. The number of rotatable bonds is 6. The smallest absolute Gasteiger partial charge is 0.338 e. The maximum absolute atomic E-state index is 13.8. The Hall–Kier alpha value is -3.75. The molecule has 0 amide bonds. The summed E-state index contributed by atoms with van der Waals surface area (Å²) < 4.78 is 7.67. The summed E-state index contributed by atoms with van der Waals surface area (Å²) in [7, 11) is 3.98. The van der Waals surface area contributed by atoms with Gasteiger partial charge in [0, 0.05) is 30.2 Å². The van der Waals surface area contributed by atoms with Crippen molar-refractivity contribution in [3.63, 3.8) is 0 Å². The predicted octanol–water partition coefficient (Wildman–Crippen LogP) is 4.06. The van der Waals surface area contributed by atoms with Gasteiger partial charge in [-0.2, -0.15) is 0 Å². The summed E-state index contributed by atoms with van der Waals surface area (Å²) in [5.74, 6) is -0.466. The van der Waals surface area contributed by atoms with Gasteiger partial charge < -0.3 is 9.64 Å². The average Bonchev–Trinajstić information content (AvgIpc) is 3.52. The van der Waals surface area contributed by atoms with Crippen LogP contribution in [0.15, 0.2) is 87.5 Å². The van der Waals surface area contributed by atoms with Crippen molar-refractivity contribution in [2.24, 2.45) is 4.99 Å². The minimum absolute atomic E-state index is 0.178. The van der Waals surface area contributed by atoms with Crippen LogP contribution in [0.2, 0.25) is 0 Å². The Labute approximate surface area is 216 Å². The zero-order valence-corrected chi connectivity index (χ0v) is 21.8. The van der Waals surface area contributed by atoms with Crippen molar-refractivity contribution >= 4 is 46.1 Å². The van der Waals surface area contributed by atoms with Crippen LogP contribution in [0.25, 0.3) is 11.8 Å². The molecule has 3 heterocycles. The minimum atomic E-state index is -0.617. The molecule has 36 heavy (non-hydrogen) atoms. The van der Waals surface area contributed by atoms with E-state index in [4.69, 9.17) is 9.73 Å². The number of hydrogen-bond acceptors (Lipinski definition) is 7. The number of carbonyl (C=O) groups excluding carboxylic acids is 1. The number of ether oxygens (including phenoxy) is 1. The summed E-state index contributed by atoms with van der Waals surface area (Å²) in [6.45, 7) is 2.01. The second-order valence-electron chi connectivity index (χ2n) is 8.43. The van der Waals surface area contributed by atoms with Crippen molar-refractivity contribution in [1.82, 2.24) is 4.57 Å². The maximum Gasteiger partial charge on any atom is 0.338 e. The van der Waals surface area contributed by atoms with Crippen molar-refractivity contribution < 1.29 is 9.53 Å². The fourth-order valence-electron chi connectivity index (χ4n) is 4.18. The number of thiophene rings is 1. The monoisotopic (exact) mass is 515 g/mol. The highest BCUT2D eigenvalue weighted by Gasteiger charge is 2.35. The van der Waals surface area contributed by atoms with Gasteiger partial charge in [-0.15, -0.1) is 11.3 Å². The quantitative estimate of drug-likeness (QED) is 0.363. The third-order valence-electron chi connectivity index (χ3n) is 5.89. The first kappa shape index (κ1) is 24.0. The predicted molar refractivity (Wildman–Crippen MR) is 146 cm³/mol. The van der Waals surface area contributed by atoms with E-state index in [1.807, 2.05) is 97.2 Å². The van der Waals surface area contributed by atoms with Crippen LogP contribution in [0, 0.1) is 0 Å². The third-order valence-corrected chi connectivity index (χ3v) is 7.80. The van der Waals surface area contributed by atoms with Crippen LogP contribution in [0.3, 0.4) is 0 Å². The van der Waals surface area contributed by atoms with E-state index in [-0.39, 0.29) is 12.2 Å². The highest BCUT2D eigenvalue weighted by atomic mass is 32.1. The normalized spacial score (nSPS) is 15.4. The second-order valence-corrected chi connectivity index (χ2v) is 10.4. The van der Waals surface area contributed by atoms with E-state index in [0.29, 0.717) is 20.6 Å². The largest absolute Gasteiger partial charge is 0.463 e. The SMILES string of the molecule is CCOC(=O)C1=C(c2ccccc2)N=c2s/c(=C/c3ccc(N(C)C)cc3)c(=O)n2[C@H]1c1cccs1. The van der Waals surface area contributed by atoms with E-state index in [1.54, 1.807) is 11.5 Å². The Morgan fingerprint density at radius 3 is 2.47 bits per heavy atom. The van der Waals surface area contributed by atoms with Crippen LogP contribution in [-0.4, -0.2) is 31.2 Å². The number of thiazole rings is 1. The summed E-state index contributed by atoms with van der Waals surface area (Å²) in [4.78, 5) is 35.4. The van der Waals surface area contributed by atoms with Crippen molar-refractivity contribution in [3.05, 3.63) is 113 Å². The van der Waals surface area contributed by atoms with Crippen LogP contribution >= 0.6 is 22.7 Å². The summed E-state index contributed by atoms with van der Waals surface area (Å²) in [5, 5.41) is 1.95. The standard InChI is InChI=1S/C28H25N3O3S2/c1-4-34-27(33)23-24(19-9-6-5-7-10-19)29-28-31(25(23)21-11-8-16-35-21)26(32)22(36-28)17-18-12-14-20(15-13-18)30(2)3/h5-17,25H,4H2,1-3H3/b22-17+/t25-/m0/s1. The summed E-state index contributed by atoms with van der Waals surface area (Å²) in [5.41, 5.74) is 3.54. The lowest BCUT2D eigenvalue weighted by Gasteiger charge is -2.24. The van der Waals surface area contributed by atoms with Crippen LogP contribution < -0.4 is 19.8 Å². The summed E-state index contributed by atoms with van der Waals surface area (Å²) in [6, 6.07) is 20.8. The van der Waals surface area contributed by atoms with E-state index >= 15 is 0 Å².